The van der Waals surface area contributed by atoms with Gasteiger partial charge in [0.1, 0.15) is 5.75 Å². The maximum atomic E-state index is 5.60. The molecular weight excluding hydrogens is 264 g/mol. The maximum Gasteiger partial charge on any atom is 0.122 e. The van der Waals surface area contributed by atoms with Crippen molar-refractivity contribution >= 4 is 21.4 Å². The van der Waals surface area contributed by atoms with E-state index in [1.54, 1.807) is 0 Å². The second-order valence-electron chi connectivity index (χ2n) is 5.30. The Balaban J connectivity index is 1.98. The molecule has 99 valence electrons. The first-order chi connectivity index (χ1) is 9.74. The molecule has 2 heterocycles. The van der Waals surface area contributed by atoms with Crippen molar-refractivity contribution in [2.75, 3.05) is 6.61 Å². The third kappa shape index (κ3) is 1.68. The second kappa shape index (κ2) is 4.35. The van der Waals surface area contributed by atoms with Crippen LogP contribution in [-0.4, -0.2) is 6.61 Å². The molecule has 1 nitrogen and oxygen atoms in total. The third-order valence-corrected chi connectivity index (χ3v) is 5.28. The molecule has 0 atom stereocenters. The minimum absolute atomic E-state index is 0.809. The number of benzene rings is 2. The minimum Gasteiger partial charge on any atom is -0.493 e. The van der Waals surface area contributed by atoms with E-state index < -0.39 is 0 Å². The second-order valence-corrected chi connectivity index (χ2v) is 6.55. The largest absolute Gasteiger partial charge is 0.493 e. The highest BCUT2D eigenvalue weighted by molar-refractivity contribution is 7.19. The van der Waals surface area contributed by atoms with Crippen LogP contribution in [0.15, 0.2) is 30.3 Å². The first-order valence-corrected chi connectivity index (χ1v) is 7.72. The number of ether oxygens (including phenoxy) is 1. The summed E-state index contributed by atoms with van der Waals surface area (Å²) in [7, 11) is 0. The smallest absolute Gasteiger partial charge is 0.122 e. The molecule has 0 saturated carbocycles. The van der Waals surface area contributed by atoms with Gasteiger partial charge in [0, 0.05) is 21.4 Å². The van der Waals surface area contributed by atoms with E-state index in [0.717, 1.165) is 18.8 Å². The van der Waals surface area contributed by atoms with E-state index in [0.29, 0.717) is 0 Å². The number of hydrogen-bond donors (Lipinski definition) is 0. The lowest BCUT2D eigenvalue weighted by atomic mass is 9.97. The molecule has 0 unspecified atom stereocenters. The van der Waals surface area contributed by atoms with Gasteiger partial charge in [0.15, 0.2) is 0 Å². The molecule has 0 bridgehead atoms. The van der Waals surface area contributed by atoms with Crippen LogP contribution in [0.2, 0.25) is 0 Å². The molecule has 0 amide bonds. The van der Waals surface area contributed by atoms with Crippen molar-refractivity contribution in [3.05, 3.63) is 52.4 Å². The van der Waals surface area contributed by atoms with Gasteiger partial charge in [-0.3, -0.25) is 0 Å². The highest BCUT2D eigenvalue weighted by atomic mass is 32.1. The Labute approximate surface area is 122 Å². The van der Waals surface area contributed by atoms with Crippen LogP contribution >= 0.6 is 11.3 Å². The molecule has 1 aliphatic heterocycles. The Morgan fingerprint density at radius 1 is 1.20 bits per heavy atom. The number of thiophene rings is 1. The summed E-state index contributed by atoms with van der Waals surface area (Å²) in [5.41, 5.74) is 5.17. The summed E-state index contributed by atoms with van der Waals surface area (Å²) in [6.07, 6.45) is 1.01. The molecular formula is C18H15OS. The van der Waals surface area contributed by atoms with Crippen LogP contribution in [0.1, 0.15) is 16.0 Å². The molecule has 1 aromatic heterocycles. The third-order valence-electron chi connectivity index (χ3n) is 4.10. The fraction of sp³-hybridized carbons (Fsp3) is 0.222. The molecule has 2 heteroatoms. The van der Waals surface area contributed by atoms with E-state index in [1.165, 1.54) is 37.2 Å². The Bertz CT molecular complexity index is 814. The molecule has 1 radical (unpaired) electrons. The SMILES string of the molecule is Cc1sc2cc[c]c(-c3ccc4c(c3)CCO4)c2c1C. The van der Waals surface area contributed by atoms with Crippen molar-refractivity contribution in [3.8, 4) is 16.9 Å². The van der Waals surface area contributed by atoms with E-state index in [4.69, 9.17) is 4.74 Å². The number of fused-ring (bicyclic) bond motifs is 2. The van der Waals surface area contributed by atoms with Crippen LogP contribution in [0, 0.1) is 19.9 Å². The number of aryl methyl sites for hydroxylation is 2. The minimum atomic E-state index is 0.809. The fourth-order valence-electron chi connectivity index (χ4n) is 2.92. The zero-order valence-electron chi connectivity index (χ0n) is 11.6. The molecule has 2 aromatic carbocycles. The molecule has 0 fully saturated rings. The zero-order chi connectivity index (χ0) is 13.7. The van der Waals surface area contributed by atoms with Gasteiger partial charge in [-0.2, -0.15) is 0 Å². The molecule has 0 aliphatic carbocycles. The van der Waals surface area contributed by atoms with Crippen LogP contribution in [0.4, 0.5) is 0 Å². The molecule has 0 N–H and O–H groups in total. The maximum absolute atomic E-state index is 5.60. The van der Waals surface area contributed by atoms with Crippen molar-refractivity contribution < 1.29 is 4.74 Å². The molecule has 0 spiro atoms. The molecule has 4 rings (SSSR count). The van der Waals surface area contributed by atoms with Crippen molar-refractivity contribution in [1.82, 2.24) is 0 Å². The lowest BCUT2D eigenvalue weighted by Gasteiger charge is -2.07. The van der Waals surface area contributed by atoms with Gasteiger partial charge >= 0.3 is 0 Å². The van der Waals surface area contributed by atoms with E-state index in [1.807, 2.05) is 17.4 Å². The Hall–Kier alpha value is -1.80. The quantitative estimate of drug-likeness (QED) is 0.614. The molecule has 20 heavy (non-hydrogen) atoms. The number of rotatable bonds is 1. The first-order valence-electron chi connectivity index (χ1n) is 6.90. The molecule has 0 saturated heterocycles. The predicted molar refractivity (Wildman–Crippen MR) is 84.8 cm³/mol. The highest BCUT2D eigenvalue weighted by Crippen LogP contribution is 2.38. The van der Waals surface area contributed by atoms with E-state index >= 15 is 0 Å². The summed E-state index contributed by atoms with van der Waals surface area (Å²) in [5.74, 6) is 1.04. The Kier molecular flexibility index (Phi) is 2.61. The standard InChI is InChI=1S/C18H15OS/c1-11-12(2)20-17-5-3-4-15(18(11)17)13-6-7-16-14(10-13)8-9-19-16/h3,5-7,10H,8-9H2,1-2H3. The summed E-state index contributed by atoms with van der Waals surface area (Å²) in [4.78, 5) is 1.39. The van der Waals surface area contributed by atoms with Crippen molar-refractivity contribution in [3.63, 3.8) is 0 Å². The van der Waals surface area contributed by atoms with Crippen molar-refractivity contribution in [2.24, 2.45) is 0 Å². The summed E-state index contributed by atoms with van der Waals surface area (Å²) in [6, 6.07) is 14.2. The summed E-state index contributed by atoms with van der Waals surface area (Å²) in [6.45, 7) is 5.21. The Morgan fingerprint density at radius 2 is 2.10 bits per heavy atom. The summed E-state index contributed by atoms with van der Waals surface area (Å²) >= 11 is 1.87. The van der Waals surface area contributed by atoms with Crippen molar-refractivity contribution in [1.29, 1.82) is 0 Å². The number of hydrogen-bond acceptors (Lipinski definition) is 2. The van der Waals surface area contributed by atoms with Gasteiger partial charge < -0.3 is 4.74 Å². The van der Waals surface area contributed by atoms with Crippen LogP contribution in [-0.2, 0) is 6.42 Å². The average molecular weight is 279 g/mol. The zero-order valence-corrected chi connectivity index (χ0v) is 12.4. The predicted octanol–water partition coefficient (Wildman–Crippen LogP) is 4.92. The lowest BCUT2D eigenvalue weighted by molar-refractivity contribution is 0.357. The van der Waals surface area contributed by atoms with Crippen LogP contribution < -0.4 is 4.74 Å². The van der Waals surface area contributed by atoms with Crippen molar-refractivity contribution in [2.45, 2.75) is 20.3 Å². The van der Waals surface area contributed by atoms with Gasteiger partial charge in [0.05, 0.1) is 6.61 Å². The van der Waals surface area contributed by atoms with E-state index in [2.05, 4.69) is 44.2 Å². The highest BCUT2D eigenvalue weighted by Gasteiger charge is 2.15. The topological polar surface area (TPSA) is 9.23 Å². The summed E-state index contributed by atoms with van der Waals surface area (Å²) in [5, 5.41) is 1.36. The van der Waals surface area contributed by atoms with Gasteiger partial charge in [-0.25, -0.2) is 0 Å². The fourth-order valence-corrected chi connectivity index (χ4v) is 4.00. The first kappa shape index (κ1) is 12.0. The van der Waals surface area contributed by atoms with Gasteiger partial charge in [0.2, 0.25) is 0 Å². The normalized spacial score (nSPS) is 13.5. The molecule has 3 aromatic rings. The summed E-state index contributed by atoms with van der Waals surface area (Å²) < 4.78 is 6.95. The van der Waals surface area contributed by atoms with Gasteiger partial charge in [-0.1, -0.05) is 12.1 Å². The van der Waals surface area contributed by atoms with Gasteiger partial charge in [-0.15, -0.1) is 11.3 Å². The van der Waals surface area contributed by atoms with Gasteiger partial charge in [-0.05, 0) is 60.4 Å². The van der Waals surface area contributed by atoms with Crippen LogP contribution in [0.25, 0.3) is 21.2 Å². The van der Waals surface area contributed by atoms with Gasteiger partial charge in [0.25, 0.3) is 0 Å². The monoisotopic (exact) mass is 279 g/mol. The Morgan fingerprint density at radius 3 is 3.00 bits per heavy atom. The van der Waals surface area contributed by atoms with Crippen LogP contribution in [0.3, 0.4) is 0 Å². The van der Waals surface area contributed by atoms with E-state index in [9.17, 15) is 0 Å². The van der Waals surface area contributed by atoms with E-state index in [-0.39, 0.29) is 0 Å². The van der Waals surface area contributed by atoms with Crippen LogP contribution in [0.5, 0.6) is 5.75 Å². The molecule has 1 aliphatic rings. The lowest BCUT2D eigenvalue weighted by Crippen LogP contribution is -1.85. The average Bonchev–Trinajstić information content (AvgIpc) is 3.03.